The van der Waals surface area contributed by atoms with E-state index in [1.807, 2.05) is 36.9 Å². The summed E-state index contributed by atoms with van der Waals surface area (Å²) < 4.78 is 5.72. The molecule has 1 aromatic rings. The Labute approximate surface area is 120 Å². The lowest BCUT2D eigenvalue weighted by Crippen LogP contribution is -2.38. The third kappa shape index (κ3) is 3.73. The summed E-state index contributed by atoms with van der Waals surface area (Å²) in [6.07, 6.45) is 3.42. The predicted molar refractivity (Wildman–Crippen MR) is 79.7 cm³/mol. The van der Waals surface area contributed by atoms with Crippen molar-refractivity contribution in [2.45, 2.75) is 39.2 Å². The van der Waals surface area contributed by atoms with Crippen molar-refractivity contribution in [3.8, 4) is 5.75 Å². The topological polar surface area (TPSA) is 55.6 Å². The number of hydrogen-bond acceptors (Lipinski definition) is 3. The Hall–Kier alpha value is -1.55. The fraction of sp³-hybridized carbons (Fsp3) is 0.562. The quantitative estimate of drug-likeness (QED) is 0.918. The highest BCUT2D eigenvalue weighted by atomic mass is 16.5. The van der Waals surface area contributed by atoms with Gasteiger partial charge >= 0.3 is 0 Å². The molecule has 0 aliphatic carbocycles. The molecule has 1 amide bonds. The number of piperidine rings is 1. The predicted octanol–water partition coefficient (Wildman–Crippen LogP) is 2.41. The smallest absolute Gasteiger partial charge is 0.260 e. The van der Waals surface area contributed by atoms with Gasteiger partial charge in [-0.25, -0.2) is 0 Å². The standard InChI is InChI=1S/C16H24N2O2/c1-12-6-7-14(13(2)17)15(10-12)20-11-16(19)18-8-4-3-5-9-18/h6-7,10,13H,3-5,8-9,11,17H2,1-2H3. The molecule has 20 heavy (non-hydrogen) atoms. The van der Waals surface area contributed by atoms with E-state index in [1.165, 1.54) is 6.42 Å². The van der Waals surface area contributed by atoms with Crippen LogP contribution in [0.2, 0.25) is 0 Å². The zero-order chi connectivity index (χ0) is 14.5. The second kappa shape index (κ2) is 6.75. The van der Waals surface area contributed by atoms with Crippen molar-refractivity contribution in [2.24, 2.45) is 5.73 Å². The molecule has 1 aromatic carbocycles. The first kappa shape index (κ1) is 14.9. The van der Waals surface area contributed by atoms with E-state index >= 15 is 0 Å². The lowest BCUT2D eigenvalue weighted by atomic mass is 10.1. The van der Waals surface area contributed by atoms with E-state index in [2.05, 4.69) is 0 Å². The van der Waals surface area contributed by atoms with E-state index < -0.39 is 0 Å². The number of benzene rings is 1. The van der Waals surface area contributed by atoms with Crippen LogP contribution in [0.25, 0.3) is 0 Å². The van der Waals surface area contributed by atoms with Gasteiger partial charge < -0.3 is 15.4 Å². The molecule has 1 atom stereocenters. The van der Waals surface area contributed by atoms with Crippen molar-refractivity contribution in [1.29, 1.82) is 0 Å². The van der Waals surface area contributed by atoms with Crippen molar-refractivity contribution in [2.75, 3.05) is 19.7 Å². The SMILES string of the molecule is Cc1ccc(C(C)N)c(OCC(=O)N2CCCCC2)c1. The second-order valence-electron chi connectivity index (χ2n) is 5.56. The first-order valence-corrected chi connectivity index (χ1v) is 7.34. The number of aryl methyl sites for hydroxylation is 1. The van der Waals surface area contributed by atoms with Gasteiger partial charge in [-0.15, -0.1) is 0 Å². The fourth-order valence-corrected chi connectivity index (χ4v) is 2.52. The number of carbonyl (C=O) groups is 1. The van der Waals surface area contributed by atoms with Crippen LogP contribution in [0.4, 0.5) is 0 Å². The van der Waals surface area contributed by atoms with Crippen LogP contribution in [0.5, 0.6) is 5.75 Å². The van der Waals surface area contributed by atoms with Crippen LogP contribution in [0.15, 0.2) is 18.2 Å². The van der Waals surface area contributed by atoms with Crippen LogP contribution >= 0.6 is 0 Å². The zero-order valence-corrected chi connectivity index (χ0v) is 12.4. The third-order valence-electron chi connectivity index (χ3n) is 3.72. The van der Waals surface area contributed by atoms with Crippen LogP contribution in [0.1, 0.15) is 43.4 Å². The van der Waals surface area contributed by atoms with Crippen molar-refractivity contribution < 1.29 is 9.53 Å². The molecule has 4 heteroatoms. The number of carbonyl (C=O) groups excluding carboxylic acids is 1. The number of rotatable bonds is 4. The summed E-state index contributed by atoms with van der Waals surface area (Å²) in [5.41, 5.74) is 7.99. The number of likely N-dealkylation sites (tertiary alicyclic amines) is 1. The minimum absolute atomic E-state index is 0.0711. The van der Waals surface area contributed by atoms with Crippen molar-refractivity contribution in [1.82, 2.24) is 4.90 Å². The number of nitrogens with zero attached hydrogens (tertiary/aromatic N) is 1. The summed E-state index contributed by atoms with van der Waals surface area (Å²) >= 11 is 0. The fourth-order valence-electron chi connectivity index (χ4n) is 2.52. The molecule has 1 unspecified atom stereocenters. The minimum atomic E-state index is -0.101. The molecule has 2 N–H and O–H groups in total. The summed E-state index contributed by atoms with van der Waals surface area (Å²) in [6.45, 7) is 5.74. The molecular weight excluding hydrogens is 252 g/mol. The first-order chi connectivity index (χ1) is 9.58. The highest BCUT2D eigenvalue weighted by molar-refractivity contribution is 5.77. The van der Waals surface area contributed by atoms with Crippen molar-refractivity contribution >= 4 is 5.91 Å². The molecule has 0 aromatic heterocycles. The van der Waals surface area contributed by atoms with E-state index in [4.69, 9.17) is 10.5 Å². The minimum Gasteiger partial charge on any atom is -0.483 e. The van der Waals surface area contributed by atoms with Gasteiger partial charge in [0.15, 0.2) is 6.61 Å². The summed E-state index contributed by atoms with van der Waals surface area (Å²) in [7, 11) is 0. The van der Waals surface area contributed by atoms with Gasteiger partial charge in [0.25, 0.3) is 5.91 Å². The Morgan fingerprint density at radius 2 is 2.05 bits per heavy atom. The molecule has 1 heterocycles. The van der Waals surface area contributed by atoms with E-state index in [-0.39, 0.29) is 18.6 Å². The summed E-state index contributed by atoms with van der Waals surface area (Å²) in [6, 6.07) is 5.83. The van der Waals surface area contributed by atoms with Gasteiger partial charge in [-0.1, -0.05) is 12.1 Å². The van der Waals surface area contributed by atoms with Gasteiger partial charge in [-0.2, -0.15) is 0 Å². The van der Waals surface area contributed by atoms with E-state index in [1.54, 1.807) is 0 Å². The van der Waals surface area contributed by atoms with E-state index in [0.29, 0.717) is 0 Å². The lowest BCUT2D eigenvalue weighted by Gasteiger charge is -2.26. The summed E-state index contributed by atoms with van der Waals surface area (Å²) in [4.78, 5) is 14.0. The number of nitrogens with two attached hydrogens (primary N) is 1. The van der Waals surface area contributed by atoms with Crippen LogP contribution < -0.4 is 10.5 Å². The molecule has 1 fully saturated rings. The van der Waals surface area contributed by atoms with Gasteiger partial charge in [0.2, 0.25) is 0 Å². The highest BCUT2D eigenvalue weighted by Crippen LogP contribution is 2.25. The largest absolute Gasteiger partial charge is 0.483 e. The van der Waals surface area contributed by atoms with Crippen LogP contribution in [0.3, 0.4) is 0 Å². The molecule has 1 aliphatic rings. The Kier molecular flexibility index (Phi) is 5.01. The average Bonchev–Trinajstić information content (AvgIpc) is 2.45. The monoisotopic (exact) mass is 276 g/mol. The number of ether oxygens (including phenoxy) is 1. The number of hydrogen-bond donors (Lipinski definition) is 1. The highest BCUT2D eigenvalue weighted by Gasteiger charge is 2.17. The van der Waals surface area contributed by atoms with Crippen LogP contribution in [-0.2, 0) is 4.79 Å². The normalized spacial score (nSPS) is 16.9. The molecule has 0 saturated carbocycles. The van der Waals surface area contributed by atoms with Gasteiger partial charge in [-0.05, 0) is 44.7 Å². The number of amides is 1. The Bertz CT molecular complexity index is 466. The Balaban J connectivity index is 1.99. The Morgan fingerprint density at radius 3 is 2.70 bits per heavy atom. The molecule has 1 aliphatic heterocycles. The summed E-state index contributed by atoms with van der Waals surface area (Å²) in [5.74, 6) is 0.798. The molecule has 1 saturated heterocycles. The van der Waals surface area contributed by atoms with Crippen molar-refractivity contribution in [3.63, 3.8) is 0 Å². The maximum Gasteiger partial charge on any atom is 0.260 e. The zero-order valence-electron chi connectivity index (χ0n) is 12.4. The molecule has 4 nitrogen and oxygen atoms in total. The van der Waals surface area contributed by atoms with Crippen LogP contribution in [0, 0.1) is 6.92 Å². The van der Waals surface area contributed by atoms with Gasteiger partial charge in [0.1, 0.15) is 5.75 Å². The van der Waals surface area contributed by atoms with Gasteiger partial charge in [0.05, 0.1) is 0 Å². The molecule has 0 bridgehead atoms. The molecular formula is C16H24N2O2. The van der Waals surface area contributed by atoms with E-state index in [0.717, 1.165) is 42.8 Å². The van der Waals surface area contributed by atoms with Gasteiger partial charge in [-0.3, -0.25) is 4.79 Å². The molecule has 2 rings (SSSR count). The lowest BCUT2D eigenvalue weighted by molar-refractivity contribution is -0.134. The first-order valence-electron chi connectivity index (χ1n) is 7.34. The maximum absolute atomic E-state index is 12.1. The van der Waals surface area contributed by atoms with E-state index in [9.17, 15) is 4.79 Å². The molecule has 110 valence electrons. The van der Waals surface area contributed by atoms with Crippen LogP contribution in [-0.4, -0.2) is 30.5 Å². The Morgan fingerprint density at radius 1 is 1.35 bits per heavy atom. The molecule has 0 spiro atoms. The molecule has 0 radical (unpaired) electrons. The summed E-state index contributed by atoms with van der Waals surface area (Å²) in [5, 5.41) is 0. The average molecular weight is 276 g/mol. The maximum atomic E-state index is 12.1. The second-order valence-corrected chi connectivity index (χ2v) is 5.56. The van der Waals surface area contributed by atoms with Crippen molar-refractivity contribution in [3.05, 3.63) is 29.3 Å². The van der Waals surface area contributed by atoms with Gasteiger partial charge in [0, 0.05) is 24.7 Å². The third-order valence-corrected chi connectivity index (χ3v) is 3.72.